The number of aromatic nitrogens is 2. The Morgan fingerprint density at radius 3 is 2.90 bits per heavy atom. The molecule has 2 aromatic heterocycles. The second-order valence-electron chi connectivity index (χ2n) is 4.74. The number of primary amides is 1. The summed E-state index contributed by atoms with van der Waals surface area (Å²) in [4.78, 5) is 15.7. The van der Waals surface area contributed by atoms with E-state index in [0.29, 0.717) is 11.1 Å². The maximum absolute atomic E-state index is 11.4. The van der Waals surface area contributed by atoms with Gasteiger partial charge in [0.2, 0.25) is 5.91 Å². The highest BCUT2D eigenvalue weighted by atomic mass is 16.1. The van der Waals surface area contributed by atoms with E-state index < -0.39 is 5.91 Å². The Balaban J connectivity index is 2.09. The van der Waals surface area contributed by atoms with E-state index in [4.69, 9.17) is 5.73 Å². The molecule has 4 nitrogen and oxygen atoms in total. The lowest BCUT2D eigenvalue weighted by molar-refractivity contribution is 0.1000. The van der Waals surface area contributed by atoms with Crippen molar-refractivity contribution in [2.75, 3.05) is 0 Å². The summed E-state index contributed by atoms with van der Waals surface area (Å²) in [6.45, 7) is 1.95. The second kappa shape index (κ2) is 5.14. The molecule has 4 heteroatoms. The molecular formula is C17H13N3O. The van der Waals surface area contributed by atoms with Crippen molar-refractivity contribution in [1.29, 1.82) is 0 Å². The predicted octanol–water partition coefficient (Wildman–Crippen LogP) is 2.14. The average Bonchev–Trinajstić information content (AvgIpc) is 2.88. The Kier molecular flexibility index (Phi) is 3.17. The van der Waals surface area contributed by atoms with Crippen LogP contribution in [-0.2, 0) is 0 Å². The van der Waals surface area contributed by atoms with Gasteiger partial charge in [0.1, 0.15) is 11.3 Å². The van der Waals surface area contributed by atoms with Crippen LogP contribution in [0.25, 0.3) is 5.65 Å². The van der Waals surface area contributed by atoms with E-state index in [9.17, 15) is 4.79 Å². The zero-order valence-corrected chi connectivity index (χ0v) is 11.5. The molecule has 0 saturated heterocycles. The van der Waals surface area contributed by atoms with Gasteiger partial charge in [0.15, 0.2) is 0 Å². The van der Waals surface area contributed by atoms with Crippen molar-refractivity contribution in [2.45, 2.75) is 6.92 Å². The van der Waals surface area contributed by atoms with Crippen molar-refractivity contribution in [2.24, 2.45) is 5.73 Å². The number of aryl methyl sites for hydroxylation is 1. The highest BCUT2D eigenvalue weighted by Gasteiger charge is 2.06. The van der Waals surface area contributed by atoms with Crippen LogP contribution in [0.1, 0.15) is 27.2 Å². The maximum Gasteiger partial charge on any atom is 0.249 e. The standard InChI is InChI=1S/C17H13N3O/c1-12-5-8-15(17(18)21)13(10-12)6-7-14-11-19-16-4-2-3-9-20(14)16/h2-5,8-11H,1H3,(H2,18,21). The second-order valence-corrected chi connectivity index (χ2v) is 4.74. The van der Waals surface area contributed by atoms with Crippen LogP contribution in [-0.4, -0.2) is 15.3 Å². The zero-order valence-electron chi connectivity index (χ0n) is 11.5. The SMILES string of the molecule is Cc1ccc(C(N)=O)c(C#Cc2cnc3ccccn23)c1. The van der Waals surface area contributed by atoms with Crippen LogP contribution in [0.4, 0.5) is 0 Å². The van der Waals surface area contributed by atoms with Gasteiger partial charge >= 0.3 is 0 Å². The fourth-order valence-corrected chi connectivity index (χ4v) is 2.13. The Morgan fingerprint density at radius 1 is 1.24 bits per heavy atom. The minimum absolute atomic E-state index is 0.432. The quantitative estimate of drug-likeness (QED) is 0.692. The number of fused-ring (bicyclic) bond motifs is 1. The summed E-state index contributed by atoms with van der Waals surface area (Å²) in [6.07, 6.45) is 3.61. The molecule has 0 atom stereocenters. The Bertz CT molecular complexity index is 897. The Labute approximate surface area is 122 Å². The van der Waals surface area contributed by atoms with Crippen LogP contribution in [0.3, 0.4) is 0 Å². The van der Waals surface area contributed by atoms with E-state index >= 15 is 0 Å². The number of nitrogens with zero attached hydrogens (tertiary/aromatic N) is 2. The summed E-state index contributed by atoms with van der Waals surface area (Å²) >= 11 is 0. The van der Waals surface area contributed by atoms with Crippen LogP contribution >= 0.6 is 0 Å². The number of amides is 1. The molecule has 0 fully saturated rings. The molecule has 1 amide bonds. The molecule has 0 bridgehead atoms. The third kappa shape index (κ3) is 2.49. The van der Waals surface area contributed by atoms with E-state index in [1.807, 2.05) is 47.9 Å². The van der Waals surface area contributed by atoms with Gasteiger partial charge in [0, 0.05) is 11.8 Å². The number of benzene rings is 1. The summed E-state index contributed by atoms with van der Waals surface area (Å²) in [6, 6.07) is 11.2. The number of carbonyl (C=O) groups excluding carboxylic acids is 1. The van der Waals surface area contributed by atoms with Crippen LogP contribution in [0.5, 0.6) is 0 Å². The largest absolute Gasteiger partial charge is 0.366 e. The number of carbonyl (C=O) groups is 1. The van der Waals surface area contributed by atoms with Crippen molar-refractivity contribution < 1.29 is 4.79 Å². The summed E-state index contributed by atoms with van der Waals surface area (Å²) in [7, 11) is 0. The molecule has 3 rings (SSSR count). The number of hydrogen-bond donors (Lipinski definition) is 1. The van der Waals surface area contributed by atoms with E-state index in [1.165, 1.54) is 0 Å². The summed E-state index contributed by atoms with van der Waals surface area (Å²) in [5, 5.41) is 0. The average molecular weight is 275 g/mol. The van der Waals surface area contributed by atoms with E-state index in [-0.39, 0.29) is 0 Å². The van der Waals surface area contributed by atoms with Gasteiger partial charge in [0.05, 0.1) is 11.8 Å². The lowest BCUT2D eigenvalue weighted by Crippen LogP contribution is -2.12. The minimum Gasteiger partial charge on any atom is -0.366 e. The van der Waals surface area contributed by atoms with Gasteiger partial charge in [-0.3, -0.25) is 9.20 Å². The molecular weight excluding hydrogens is 262 g/mol. The smallest absolute Gasteiger partial charge is 0.249 e. The first kappa shape index (κ1) is 12.9. The van der Waals surface area contributed by atoms with Crippen LogP contribution < -0.4 is 5.73 Å². The van der Waals surface area contributed by atoms with Gasteiger partial charge in [-0.2, -0.15) is 0 Å². The molecule has 0 aliphatic carbocycles. The fraction of sp³-hybridized carbons (Fsp3) is 0.0588. The number of pyridine rings is 1. The predicted molar refractivity (Wildman–Crippen MR) is 80.9 cm³/mol. The van der Waals surface area contributed by atoms with Crippen molar-refractivity contribution in [1.82, 2.24) is 9.38 Å². The van der Waals surface area contributed by atoms with E-state index in [0.717, 1.165) is 16.9 Å². The summed E-state index contributed by atoms with van der Waals surface area (Å²) in [5.41, 5.74) is 9.08. The third-order valence-corrected chi connectivity index (χ3v) is 3.18. The zero-order chi connectivity index (χ0) is 14.8. The normalized spacial score (nSPS) is 10.1. The molecule has 0 saturated carbocycles. The highest BCUT2D eigenvalue weighted by Crippen LogP contribution is 2.11. The van der Waals surface area contributed by atoms with Gasteiger partial charge < -0.3 is 5.73 Å². The van der Waals surface area contributed by atoms with Crippen LogP contribution in [0.2, 0.25) is 0 Å². The monoisotopic (exact) mass is 275 g/mol. The Hall–Kier alpha value is -3.06. The van der Waals surface area contributed by atoms with Gasteiger partial charge in [0.25, 0.3) is 0 Å². The number of rotatable bonds is 1. The van der Waals surface area contributed by atoms with Crippen molar-refractivity contribution in [3.8, 4) is 11.8 Å². The summed E-state index contributed by atoms with van der Waals surface area (Å²) < 4.78 is 1.90. The molecule has 2 N–H and O–H groups in total. The van der Waals surface area contributed by atoms with Gasteiger partial charge in [-0.1, -0.05) is 18.1 Å². The third-order valence-electron chi connectivity index (χ3n) is 3.18. The molecule has 1 aromatic carbocycles. The first-order chi connectivity index (χ1) is 10.1. The summed E-state index contributed by atoms with van der Waals surface area (Å²) in [5.74, 6) is 5.59. The van der Waals surface area contributed by atoms with Gasteiger partial charge in [-0.05, 0) is 42.7 Å². The molecule has 0 aliphatic heterocycles. The van der Waals surface area contributed by atoms with Crippen molar-refractivity contribution in [3.05, 3.63) is 71.2 Å². The van der Waals surface area contributed by atoms with E-state index in [2.05, 4.69) is 16.8 Å². The van der Waals surface area contributed by atoms with E-state index in [1.54, 1.807) is 12.3 Å². The van der Waals surface area contributed by atoms with Gasteiger partial charge in [-0.25, -0.2) is 4.98 Å². The number of imidazole rings is 1. The topological polar surface area (TPSA) is 60.4 Å². The molecule has 3 aromatic rings. The molecule has 0 aliphatic rings. The maximum atomic E-state index is 11.4. The fourth-order valence-electron chi connectivity index (χ4n) is 2.13. The van der Waals surface area contributed by atoms with Gasteiger partial charge in [-0.15, -0.1) is 0 Å². The minimum atomic E-state index is -0.475. The molecule has 0 spiro atoms. The lowest BCUT2D eigenvalue weighted by atomic mass is 10.0. The lowest BCUT2D eigenvalue weighted by Gasteiger charge is -2.01. The molecule has 0 unspecified atom stereocenters. The highest BCUT2D eigenvalue weighted by molar-refractivity contribution is 5.95. The number of hydrogen-bond acceptors (Lipinski definition) is 2. The first-order valence-corrected chi connectivity index (χ1v) is 6.50. The Morgan fingerprint density at radius 2 is 2.10 bits per heavy atom. The molecule has 21 heavy (non-hydrogen) atoms. The number of nitrogens with two attached hydrogens (primary N) is 1. The molecule has 0 radical (unpaired) electrons. The molecule has 2 heterocycles. The van der Waals surface area contributed by atoms with Crippen LogP contribution in [0, 0.1) is 18.8 Å². The van der Waals surface area contributed by atoms with Crippen LogP contribution in [0.15, 0.2) is 48.8 Å². The first-order valence-electron chi connectivity index (χ1n) is 6.50. The molecule has 102 valence electrons. The van der Waals surface area contributed by atoms with Crippen molar-refractivity contribution >= 4 is 11.6 Å². The van der Waals surface area contributed by atoms with Crippen molar-refractivity contribution in [3.63, 3.8) is 0 Å².